The lowest BCUT2D eigenvalue weighted by molar-refractivity contribution is -0.705. The predicted octanol–water partition coefficient (Wildman–Crippen LogP) is 2.06. The van der Waals surface area contributed by atoms with Gasteiger partial charge in [0, 0.05) is 49.6 Å². The fourth-order valence-electron chi connectivity index (χ4n) is 3.90. The average Bonchev–Trinajstić information content (AvgIpc) is 2.68. The number of benzene rings is 2. The summed E-state index contributed by atoms with van der Waals surface area (Å²) in [5.74, 6) is 0. The number of hydrogen-bond acceptors (Lipinski definition) is 0. The maximum Gasteiger partial charge on any atom is 0.178 e. The van der Waals surface area contributed by atoms with Gasteiger partial charge in [-0.05, 0) is 29.3 Å². The van der Waals surface area contributed by atoms with E-state index in [0.29, 0.717) is 0 Å². The molecule has 0 bridgehead atoms. The van der Waals surface area contributed by atoms with Gasteiger partial charge in [0.1, 0.15) is 13.1 Å². The van der Waals surface area contributed by atoms with Crippen molar-refractivity contribution in [1.82, 2.24) is 0 Å². The molecule has 4 aromatic rings. The Morgan fingerprint density at radius 1 is 0.571 bits per heavy atom. The number of rotatable bonds is 6. The van der Waals surface area contributed by atoms with Crippen molar-refractivity contribution in [2.45, 2.75) is 46.2 Å². The van der Waals surface area contributed by atoms with Gasteiger partial charge in [0.2, 0.25) is 0 Å². The molecule has 0 atom stereocenters. The predicted molar refractivity (Wildman–Crippen MR) is 112 cm³/mol. The smallest absolute Gasteiger partial charge is 0.178 e. The second-order valence-corrected chi connectivity index (χ2v) is 7.53. The monoisotopic (exact) mass is 435 g/mol. The normalized spacial score (nSPS) is 10.9. The minimum absolute atomic E-state index is 0. The van der Waals surface area contributed by atoms with E-state index >= 15 is 0 Å². The largest absolute Gasteiger partial charge is 1.00 e. The summed E-state index contributed by atoms with van der Waals surface area (Å²) in [5.41, 5.74) is 2.68. The minimum Gasteiger partial charge on any atom is -1.00 e. The van der Waals surface area contributed by atoms with Gasteiger partial charge in [-0.15, -0.1) is 0 Å². The summed E-state index contributed by atoms with van der Waals surface area (Å²) in [4.78, 5) is 0. The van der Waals surface area contributed by atoms with E-state index in [0.717, 1.165) is 13.1 Å². The van der Waals surface area contributed by atoms with Crippen LogP contribution in [-0.4, -0.2) is 0 Å². The molecule has 0 fully saturated rings. The molecule has 0 amide bonds. The van der Waals surface area contributed by atoms with Crippen LogP contribution in [0.3, 0.4) is 0 Å². The van der Waals surface area contributed by atoms with Crippen molar-refractivity contribution in [3.05, 3.63) is 84.4 Å². The highest BCUT2D eigenvalue weighted by Gasteiger charge is 2.10. The fourth-order valence-corrected chi connectivity index (χ4v) is 3.90. The van der Waals surface area contributed by atoms with Gasteiger partial charge in [-0.25, -0.2) is 9.13 Å². The lowest BCUT2D eigenvalue weighted by Gasteiger charge is -2.05. The highest BCUT2D eigenvalue weighted by Crippen LogP contribution is 2.13. The van der Waals surface area contributed by atoms with Crippen LogP contribution in [0.1, 0.15) is 30.7 Å². The summed E-state index contributed by atoms with van der Waals surface area (Å²) in [7, 11) is 0. The number of nitrogens with zero attached hydrogens (tertiary/aromatic N) is 2. The molecule has 0 aliphatic carbocycles. The van der Waals surface area contributed by atoms with E-state index in [1.54, 1.807) is 0 Å². The molecular formula is C25H28BrN2+. The van der Waals surface area contributed by atoms with Crippen molar-refractivity contribution in [3.63, 3.8) is 0 Å². The van der Waals surface area contributed by atoms with E-state index in [1.165, 1.54) is 52.2 Å². The maximum atomic E-state index is 2.40. The van der Waals surface area contributed by atoms with Gasteiger partial charge >= 0.3 is 0 Å². The molecule has 144 valence electrons. The Morgan fingerprint density at radius 3 is 1.39 bits per heavy atom. The quantitative estimate of drug-likeness (QED) is 0.323. The molecule has 0 saturated carbocycles. The van der Waals surface area contributed by atoms with Crippen LogP contribution in [0.4, 0.5) is 0 Å². The molecule has 0 radical (unpaired) electrons. The maximum absolute atomic E-state index is 2.40. The van der Waals surface area contributed by atoms with E-state index in [-0.39, 0.29) is 17.0 Å². The first-order valence-electron chi connectivity index (χ1n) is 9.98. The van der Waals surface area contributed by atoms with E-state index in [4.69, 9.17) is 0 Å². The van der Waals surface area contributed by atoms with Gasteiger partial charge in [-0.3, -0.25) is 0 Å². The average molecular weight is 436 g/mol. The molecule has 2 heterocycles. The topological polar surface area (TPSA) is 7.76 Å². The Hall–Kier alpha value is -2.26. The van der Waals surface area contributed by atoms with E-state index in [1.807, 2.05) is 0 Å². The van der Waals surface area contributed by atoms with E-state index < -0.39 is 0 Å². The number of aryl methyl sites for hydroxylation is 4. The van der Waals surface area contributed by atoms with Crippen LogP contribution in [0.5, 0.6) is 0 Å². The van der Waals surface area contributed by atoms with Gasteiger partial charge in [0.05, 0.1) is 0 Å². The number of pyridine rings is 2. The third-order valence-electron chi connectivity index (χ3n) is 5.51. The number of unbranched alkanes of at least 4 members (excludes halogenated alkanes) is 2. The zero-order chi connectivity index (χ0) is 18.6. The second kappa shape index (κ2) is 9.29. The van der Waals surface area contributed by atoms with E-state index in [2.05, 4.69) is 96.0 Å². The molecule has 2 aromatic heterocycles. The number of hydrogen-bond donors (Lipinski definition) is 0. The van der Waals surface area contributed by atoms with Crippen LogP contribution in [0.25, 0.3) is 21.5 Å². The van der Waals surface area contributed by atoms with Crippen molar-refractivity contribution in [2.75, 3.05) is 0 Å². The zero-order valence-corrected chi connectivity index (χ0v) is 18.3. The fraction of sp³-hybridized carbons (Fsp3) is 0.280. The van der Waals surface area contributed by atoms with Crippen molar-refractivity contribution < 1.29 is 26.1 Å². The molecule has 3 heteroatoms. The number of aromatic nitrogens is 2. The van der Waals surface area contributed by atoms with Crippen molar-refractivity contribution in [1.29, 1.82) is 0 Å². The molecule has 0 aliphatic rings. The summed E-state index contributed by atoms with van der Waals surface area (Å²) in [5, 5.41) is 5.31. The Bertz CT molecular complexity index is 1000. The molecule has 4 rings (SSSR count). The molecule has 28 heavy (non-hydrogen) atoms. The molecule has 2 aromatic carbocycles. The van der Waals surface area contributed by atoms with E-state index in [9.17, 15) is 0 Å². The molecule has 0 aliphatic heterocycles. The number of fused-ring (bicyclic) bond motifs is 2. The SMILES string of the molecule is Cc1cc2ccccc2c[n+]1CCCCC[n+]1cc2ccccc2cc1C.[Br-]. The second-order valence-electron chi connectivity index (χ2n) is 7.53. The highest BCUT2D eigenvalue weighted by molar-refractivity contribution is 5.81. The molecule has 2 nitrogen and oxygen atoms in total. The lowest BCUT2D eigenvalue weighted by Crippen LogP contribution is -3.00. The van der Waals surface area contributed by atoms with Gasteiger partial charge < -0.3 is 17.0 Å². The third kappa shape index (κ3) is 4.59. The van der Waals surface area contributed by atoms with Gasteiger partial charge in [0.25, 0.3) is 0 Å². The summed E-state index contributed by atoms with van der Waals surface area (Å²) in [6, 6.07) is 21.8. The Morgan fingerprint density at radius 2 is 0.964 bits per heavy atom. The molecule has 0 N–H and O–H groups in total. The molecule has 0 spiro atoms. The van der Waals surface area contributed by atoms with Crippen LogP contribution in [0, 0.1) is 13.8 Å². The first-order chi connectivity index (χ1) is 13.2. The van der Waals surface area contributed by atoms with Crippen LogP contribution in [-0.2, 0) is 13.1 Å². The van der Waals surface area contributed by atoms with Gasteiger partial charge in [-0.1, -0.05) is 36.4 Å². The van der Waals surface area contributed by atoms with Crippen LogP contribution in [0.2, 0.25) is 0 Å². The first-order valence-corrected chi connectivity index (χ1v) is 9.98. The summed E-state index contributed by atoms with van der Waals surface area (Å²) in [6.07, 6.45) is 8.28. The molecule has 0 saturated heterocycles. The Kier molecular flexibility index (Phi) is 6.79. The third-order valence-corrected chi connectivity index (χ3v) is 5.51. The molecule has 0 unspecified atom stereocenters. The highest BCUT2D eigenvalue weighted by atomic mass is 79.9. The van der Waals surface area contributed by atoms with Crippen molar-refractivity contribution in [3.8, 4) is 0 Å². The van der Waals surface area contributed by atoms with Crippen LogP contribution >= 0.6 is 0 Å². The summed E-state index contributed by atoms with van der Waals surface area (Å²) in [6.45, 7) is 6.61. The molecular weight excluding hydrogens is 408 g/mol. The van der Waals surface area contributed by atoms with Gasteiger partial charge in [0.15, 0.2) is 23.8 Å². The summed E-state index contributed by atoms with van der Waals surface area (Å²) >= 11 is 0. The van der Waals surface area contributed by atoms with Crippen LogP contribution in [0.15, 0.2) is 73.1 Å². The Labute approximate surface area is 178 Å². The van der Waals surface area contributed by atoms with Crippen molar-refractivity contribution >= 4 is 21.5 Å². The Balaban J connectivity index is 0.00000225. The minimum atomic E-state index is 0. The number of halogens is 1. The lowest BCUT2D eigenvalue weighted by atomic mass is 10.1. The summed E-state index contributed by atoms with van der Waals surface area (Å²) < 4.78 is 4.80. The zero-order valence-electron chi connectivity index (χ0n) is 16.7. The van der Waals surface area contributed by atoms with Crippen LogP contribution < -0.4 is 26.1 Å². The van der Waals surface area contributed by atoms with Crippen molar-refractivity contribution in [2.24, 2.45) is 0 Å². The van der Waals surface area contributed by atoms with Gasteiger partial charge in [-0.2, -0.15) is 0 Å². The standard InChI is InChI=1S/C25H28N2.BrH/c1-20-16-22-10-4-6-12-24(22)18-26(20)14-8-3-9-15-27-19-25-13-7-5-11-23(25)17-21(27)2;/h4-7,10-13,16-19H,3,8-9,14-15H2,1-2H3;1H/q+2;/p-1. The first kappa shape index (κ1) is 20.5.